The molecule has 0 atom stereocenters. The maximum absolute atomic E-state index is 14.6. The minimum absolute atomic E-state index is 0.0740. The van der Waals surface area contributed by atoms with E-state index in [1.165, 1.54) is 32.1 Å². The summed E-state index contributed by atoms with van der Waals surface area (Å²) in [5.74, 6) is -0.0575. The number of piperidine rings is 2. The van der Waals surface area contributed by atoms with Crippen LogP contribution in [0.5, 0.6) is 0 Å². The number of nitrogens with zero attached hydrogens (tertiary/aromatic N) is 2. The van der Waals surface area contributed by atoms with E-state index in [0.29, 0.717) is 19.4 Å². The molecule has 4 rings (SSSR count). The van der Waals surface area contributed by atoms with Crippen molar-refractivity contribution in [3.8, 4) is 0 Å². The topological polar surface area (TPSA) is 95.1 Å². The van der Waals surface area contributed by atoms with Crippen molar-refractivity contribution in [1.82, 2.24) is 21.0 Å². The third-order valence-electron chi connectivity index (χ3n) is 9.65. The van der Waals surface area contributed by atoms with Crippen LogP contribution in [0.2, 0.25) is 0 Å². The van der Waals surface area contributed by atoms with E-state index in [4.69, 9.17) is 4.74 Å². The number of carbonyl (C=O) groups excluding carboxylic acids is 2. The summed E-state index contributed by atoms with van der Waals surface area (Å²) < 4.78 is 7.22. The van der Waals surface area contributed by atoms with Gasteiger partial charge in [0, 0.05) is 66.5 Å². The fourth-order valence-electron chi connectivity index (χ4n) is 9.03. The lowest BCUT2D eigenvalue weighted by Gasteiger charge is -2.50. The Morgan fingerprint density at radius 1 is 0.762 bits per heavy atom. The van der Waals surface area contributed by atoms with E-state index in [9.17, 15) is 9.59 Å². The number of hydrogen-bond donors (Lipinski definition) is 3. The van der Waals surface area contributed by atoms with Crippen molar-refractivity contribution in [2.45, 2.75) is 192 Å². The van der Waals surface area contributed by atoms with Gasteiger partial charge in [-0.1, -0.05) is 44.9 Å². The number of carbonyl (C=O) groups is 2. The molecule has 4 fully saturated rings. The molecule has 3 heterocycles. The van der Waals surface area contributed by atoms with E-state index in [1.54, 1.807) is 0 Å². The molecule has 42 heavy (non-hydrogen) atoms. The number of hydrogen-bond acceptors (Lipinski definition) is 6. The molecule has 4 aliphatic rings. The molecule has 0 aromatic carbocycles. The predicted octanol–water partition coefficient (Wildman–Crippen LogP) is 6.33. The zero-order chi connectivity index (χ0) is 30.9. The van der Waals surface area contributed by atoms with Crippen molar-refractivity contribution < 1.29 is 14.3 Å². The van der Waals surface area contributed by atoms with Crippen LogP contribution in [0.3, 0.4) is 0 Å². The van der Waals surface area contributed by atoms with Gasteiger partial charge in [-0.15, -0.1) is 0 Å². The van der Waals surface area contributed by atoms with Crippen molar-refractivity contribution in [3.63, 3.8) is 0 Å². The Labute approximate surface area is 255 Å². The van der Waals surface area contributed by atoms with Crippen molar-refractivity contribution in [2.24, 2.45) is 5.10 Å². The highest BCUT2D eigenvalue weighted by atomic mass is 16.6. The normalized spacial score (nSPS) is 28.6. The Balaban J connectivity index is 1.54. The SMILES string of the molecule is CC1(C)CC(=NNC(=O)CCN2C(=O)C3(CC(C)(C)NC(C)(C)C3)OC23CCCCCCCCCCC3)CC(C)(C)N1. The van der Waals surface area contributed by atoms with Gasteiger partial charge in [0.05, 0.1) is 0 Å². The molecule has 8 nitrogen and oxygen atoms in total. The fraction of sp³-hybridized carbons (Fsp3) is 0.912. The highest BCUT2D eigenvalue weighted by molar-refractivity contribution is 5.90. The van der Waals surface area contributed by atoms with Gasteiger partial charge in [-0.2, -0.15) is 5.10 Å². The standard InChI is InChI=1S/C34H61N5O3/c1-29(2)22-26(23-30(3,4)37-29)35-36-27(40)18-21-39-28(41)33(24-31(5,6)38-32(7,8)25-33)42-34(39)19-16-14-12-10-9-11-13-15-17-20-34/h37-38H,9-25H2,1-8H3,(H,36,40). The Hall–Kier alpha value is -1.51. The van der Waals surface area contributed by atoms with E-state index in [0.717, 1.165) is 57.1 Å². The first-order valence-corrected chi connectivity index (χ1v) is 16.9. The molecule has 0 radical (unpaired) electrons. The quantitative estimate of drug-likeness (QED) is 0.334. The zero-order valence-corrected chi connectivity index (χ0v) is 28.1. The molecule has 8 heteroatoms. The molecule has 1 aliphatic carbocycles. The largest absolute Gasteiger partial charge is 0.339 e. The van der Waals surface area contributed by atoms with Crippen LogP contribution in [0.15, 0.2) is 5.10 Å². The molecule has 2 amide bonds. The molecule has 240 valence electrons. The van der Waals surface area contributed by atoms with Gasteiger partial charge in [-0.25, -0.2) is 5.43 Å². The van der Waals surface area contributed by atoms with Crippen LogP contribution in [0.1, 0.15) is 158 Å². The Kier molecular flexibility index (Phi) is 9.91. The maximum Gasteiger partial charge on any atom is 0.257 e. The van der Waals surface area contributed by atoms with Gasteiger partial charge in [0.25, 0.3) is 5.91 Å². The van der Waals surface area contributed by atoms with Crippen LogP contribution in [0.25, 0.3) is 0 Å². The van der Waals surface area contributed by atoms with E-state index in [1.807, 2.05) is 4.90 Å². The zero-order valence-electron chi connectivity index (χ0n) is 28.1. The highest BCUT2D eigenvalue weighted by Crippen LogP contribution is 2.50. The molecule has 0 aromatic rings. The van der Waals surface area contributed by atoms with E-state index >= 15 is 0 Å². The van der Waals surface area contributed by atoms with Gasteiger partial charge in [0.15, 0.2) is 5.60 Å². The molecule has 0 bridgehead atoms. The third-order valence-corrected chi connectivity index (χ3v) is 9.65. The molecule has 3 aliphatic heterocycles. The molecule has 0 aromatic heterocycles. The van der Waals surface area contributed by atoms with Crippen molar-refractivity contribution in [1.29, 1.82) is 0 Å². The van der Waals surface area contributed by atoms with Gasteiger partial charge >= 0.3 is 0 Å². The first kappa shape index (κ1) is 33.4. The second-order valence-corrected chi connectivity index (χ2v) is 16.6. The van der Waals surface area contributed by atoms with Crippen LogP contribution in [-0.4, -0.2) is 62.5 Å². The fourth-order valence-corrected chi connectivity index (χ4v) is 9.03. The van der Waals surface area contributed by atoms with E-state index in [2.05, 4.69) is 76.6 Å². The van der Waals surface area contributed by atoms with Gasteiger partial charge in [0.2, 0.25) is 5.91 Å². The minimum atomic E-state index is -0.863. The average Bonchev–Trinajstić information content (AvgIpc) is 3.01. The number of hydrazone groups is 1. The maximum atomic E-state index is 14.6. The first-order valence-electron chi connectivity index (χ1n) is 16.9. The van der Waals surface area contributed by atoms with Gasteiger partial charge in [-0.05, 0) is 81.1 Å². The minimum Gasteiger partial charge on any atom is -0.339 e. The lowest BCUT2D eigenvalue weighted by Crippen LogP contribution is -2.65. The van der Waals surface area contributed by atoms with E-state index < -0.39 is 11.3 Å². The highest BCUT2D eigenvalue weighted by Gasteiger charge is 2.64. The Morgan fingerprint density at radius 3 is 1.71 bits per heavy atom. The summed E-state index contributed by atoms with van der Waals surface area (Å²) in [5.41, 5.74) is 1.73. The van der Waals surface area contributed by atoms with Crippen molar-refractivity contribution >= 4 is 17.5 Å². The van der Waals surface area contributed by atoms with Crippen molar-refractivity contribution in [3.05, 3.63) is 0 Å². The monoisotopic (exact) mass is 587 g/mol. The smallest absolute Gasteiger partial charge is 0.257 e. The summed E-state index contributed by atoms with van der Waals surface area (Å²) in [6.07, 6.45) is 15.6. The molecular formula is C34H61N5O3. The molecule has 0 unspecified atom stereocenters. The summed E-state index contributed by atoms with van der Waals surface area (Å²) in [6, 6.07) is 0. The summed E-state index contributed by atoms with van der Waals surface area (Å²) in [7, 11) is 0. The predicted molar refractivity (Wildman–Crippen MR) is 170 cm³/mol. The van der Waals surface area contributed by atoms with Gasteiger partial charge < -0.3 is 20.3 Å². The van der Waals surface area contributed by atoms with Crippen LogP contribution >= 0.6 is 0 Å². The molecule has 3 N–H and O–H groups in total. The number of ether oxygens (including phenoxy) is 1. The number of nitrogens with one attached hydrogen (secondary N) is 3. The molecular weight excluding hydrogens is 526 g/mol. The van der Waals surface area contributed by atoms with Gasteiger partial charge in [0.1, 0.15) is 5.72 Å². The number of amides is 2. The third kappa shape index (κ3) is 8.35. The van der Waals surface area contributed by atoms with Crippen molar-refractivity contribution in [2.75, 3.05) is 6.54 Å². The number of rotatable bonds is 4. The summed E-state index contributed by atoms with van der Waals surface area (Å²) in [4.78, 5) is 29.8. The second-order valence-electron chi connectivity index (χ2n) is 16.6. The first-order chi connectivity index (χ1) is 19.5. The van der Waals surface area contributed by atoms with Gasteiger partial charge in [-0.3, -0.25) is 9.59 Å². The van der Waals surface area contributed by atoms with E-state index in [-0.39, 0.29) is 40.4 Å². The Bertz CT molecular complexity index is 969. The van der Waals surface area contributed by atoms with Crippen LogP contribution in [0, 0.1) is 0 Å². The summed E-state index contributed by atoms with van der Waals surface area (Å²) in [6.45, 7) is 17.8. The summed E-state index contributed by atoms with van der Waals surface area (Å²) >= 11 is 0. The second kappa shape index (κ2) is 12.5. The molecule has 2 spiro atoms. The average molecular weight is 588 g/mol. The molecule has 1 saturated carbocycles. The van der Waals surface area contributed by atoms with Crippen LogP contribution in [0.4, 0.5) is 0 Å². The van der Waals surface area contributed by atoms with Crippen LogP contribution < -0.4 is 16.1 Å². The molecule has 3 saturated heterocycles. The lowest BCUT2D eigenvalue weighted by atomic mass is 9.72. The Morgan fingerprint density at radius 2 is 1.21 bits per heavy atom. The lowest BCUT2D eigenvalue weighted by molar-refractivity contribution is -0.176. The van der Waals surface area contributed by atoms with Crippen LogP contribution in [-0.2, 0) is 14.3 Å². The summed E-state index contributed by atoms with van der Waals surface area (Å²) in [5, 5.41) is 12.0.